The monoisotopic (exact) mass is 411 g/mol. The van der Waals surface area contributed by atoms with Gasteiger partial charge >= 0.3 is 6.03 Å². The molecule has 2 N–H and O–H groups in total. The molecule has 2 fully saturated rings. The topological polar surface area (TPSA) is 113 Å². The molecule has 3 heterocycles. The van der Waals surface area contributed by atoms with Gasteiger partial charge < -0.3 is 9.88 Å². The zero-order chi connectivity index (χ0) is 21.6. The van der Waals surface area contributed by atoms with E-state index in [1.807, 2.05) is 13.8 Å². The number of amides is 4. The number of pyridine rings is 2. The molecule has 4 rings (SSSR count). The maximum Gasteiger partial charge on any atom is 0.344 e. The van der Waals surface area contributed by atoms with Crippen LogP contribution in [0.2, 0.25) is 0 Å². The number of urea groups is 1. The Hall–Kier alpha value is -3.23. The zero-order valence-corrected chi connectivity index (χ0v) is 17.3. The Morgan fingerprint density at radius 2 is 1.97 bits per heavy atom. The lowest BCUT2D eigenvalue weighted by Crippen LogP contribution is -2.52. The van der Waals surface area contributed by atoms with E-state index < -0.39 is 28.8 Å². The molecule has 2 aromatic heterocycles. The lowest BCUT2D eigenvalue weighted by atomic mass is 9.77. The Bertz CT molecular complexity index is 1110. The largest absolute Gasteiger partial charge is 0.344 e. The molecule has 1 saturated heterocycles. The summed E-state index contributed by atoms with van der Waals surface area (Å²) in [5, 5.41) is 3.77. The van der Waals surface area contributed by atoms with E-state index >= 15 is 0 Å². The molecule has 1 aliphatic carbocycles. The molecule has 1 saturated carbocycles. The number of nitrogens with one attached hydrogen (secondary N) is 2. The van der Waals surface area contributed by atoms with Gasteiger partial charge in [0.05, 0.1) is 5.39 Å². The van der Waals surface area contributed by atoms with Gasteiger partial charge in [0.2, 0.25) is 5.43 Å². The lowest BCUT2D eigenvalue weighted by molar-refractivity contribution is -0.134. The third kappa shape index (κ3) is 3.14. The van der Waals surface area contributed by atoms with Crippen LogP contribution in [-0.2, 0) is 11.3 Å². The normalized spacial score (nSPS) is 23.8. The number of nitrogens with zero attached hydrogens (tertiary/aromatic N) is 3. The molecule has 2 aromatic rings. The van der Waals surface area contributed by atoms with Gasteiger partial charge in [-0.2, -0.15) is 5.01 Å². The number of hydrogen-bond donors (Lipinski definition) is 2. The van der Waals surface area contributed by atoms with Crippen molar-refractivity contribution >= 4 is 28.9 Å². The Kier molecular flexibility index (Phi) is 4.83. The van der Waals surface area contributed by atoms with E-state index in [-0.39, 0.29) is 5.56 Å². The minimum Gasteiger partial charge on any atom is -0.332 e. The van der Waals surface area contributed by atoms with Gasteiger partial charge in [0.1, 0.15) is 16.7 Å². The predicted molar refractivity (Wildman–Crippen MR) is 110 cm³/mol. The zero-order valence-electron chi connectivity index (χ0n) is 17.3. The van der Waals surface area contributed by atoms with Crippen LogP contribution in [0.15, 0.2) is 23.1 Å². The molecule has 0 bridgehead atoms. The molecular weight excluding hydrogens is 386 g/mol. The first kappa shape index (κ1) is 20.1. The average molecular weight is 411 g/mol. The van der Waals surface area contributed by atoms with E-state index in [1.54, 1.807) is 16.7 Å². The van der Waals surface area contributed by atoms with E-state index in [1.165, 1.54) is 6.20 Å². The molecule has 0 atom stereocenters. The summed E-state index contributed by atoms with van der Waals surface area (Å²) < 4.78 is 1.70. The molecule has 9 heteroatoms. The second-order valence-electron chi connectivity index (χ2n) is 8.26. The third-order valence-electron chi connectivity index (χ3n) is 6.15. The van der Waals surface area contributed by atoms with Crippen molar-refractivity contribution in [1.29, 1.82) is 0 Å². The highest BCUT2D eigenvalue weighted by Gasteiger charge is 2.53. The average Bonchev–Trinajstić information content (AvgIpc) is 2.94. The maximum atomic E-state index is 13.0. The third-order valence-corrected chi connectivity index (χ3v) is 6.15. The molecule has 1 aliphatic heterocycles. The van der Waals surface area contributed by atoms with E-state index in [2.05, 4.69) is 22.7 Å². The Morgan fingerprint density at radius 1 is 1.27 bits per heavy atom. The van der Waals surface area contributed by atoms with Gasteiger partial charge in [0.25, 0.3) is 11.8 Å². The minimum absolute atomic E-state index is 0.145. The van der Waals surface area contributed by atoms with Crippen molar-refractivity contribution in [2.24, 2.45) is 5.92 Å². The van der Waals surface area contributed by atoms with E-state index in [9.17, 15) is 19.2 Å². The number of hydrogen-bond acceptors (Lipinski definition) is 5. The molecule has 4 amide bonds. The van der Waals surface area contributed by atoms with Crippen molar-refractivity contribution in [3.05, 3.63) is 39.8 Å². The van der Waals surface area contributed by atoms with Crippen molar-refractivity contribution in [1.82, 2.24) is 25.3 Å². The fourth-order valence-electron chi connectivity index (χ4n) is 4.24. The molecule has 0 unspecified atom stereocenters. The van der Waals surface area contributed by atoms with Gasteiger partial charge in [-0.25, -0.2) is 9.78 Å². The van der Waals surface area contributed by atoms with Crippen LogP contribution < -0.4 is 16.2 Å². The summed E-state index contributed by atoms with van der Waals surface area (Å²) in [4.78, 5) is 55.6. The number of carbonyl (C=O) groups is 3. The second kappa shape index (κ2) is 7.23. The molecule has 1 spiro atoms. The van der Waals surface area contributed by atoms with Gasteiger partial charge in [0, 0.05) is 18.4 Å². The van der Waals surface area contributed by atoms with Crippen molar-refractivity contribution in [2.75, 3.05) is 0 Å². The number of rotatable bonds is 3. The molecular formula is C21H25N5O4. The predicted octanol–water partition coefficient (Wildman–Crippen LogP) is 1.87. The van der Waals surface area contributed by atoms with Gasteiger partial charge in [-0.15, -0.1) is 0 Å². The summed E-state index contributed by atoms with van der Waals surface area (Å²) in [6.07, 6.45) is 4.14. The number of aromatic nitrogens is 2. The fraction of sp³-hybridized carbons (Fsp3) is 0.476. The number of carbonyl (C=O) groups excluding carboxylic acids is 3. The summed E-state index contributed by atoms with van der Waals surface area (Å²) >= 11 is 0. The van der Waals surface area contributed by atoms with Crippen LogP contribution in [0.3, 0.4) is 0 Å². The van der Waals surface area contributed by atoms with Crippen LogP contribution in [0.25, 0.3) is 11.0 Å². The van der Waals surface area contributed by atoms with Crippen LogP contribution in [0.1, 0.15) is 55.6 Å². The number of imide groups is 1. The molecule has 0 radical (unpaired) electrons. The maximum absolute atomic E-state index is 13.0. The van der Waals surface area contributed by atoms with E-state index in [0.29, 0.717) is 41.3 Å². The van der Waals surface area contributed by atoms with Crippen LogP contribution in [0, 0.1) is 12.8 Å². The van der Waals surface area contributed by atoms with Gasteiger partial charge in [-0.05, 0) is 57.6 Å². The van der Waals surface area contributed by atoms with Crippen molar-refractivity contribution in [3.8, 4) is 0 Å². The van der Waals surface area contributed by atoms with Crippen molar-refractivity contribution in [2.45, 2.75) is 58.5 Å². The number of fused-ring (bicyclic) bond motifs is 1. The van der Waals surface area contributed by atoms with Crippen molar-refractivity contribution in [3.63, 3.8) is 0 Å². The summed E-state index contributed by atoms with van der Waals surface area (Å²) in [5.74, 6) is -0.776. The SMILES string of the molecule is CCn1cc(C(=O)NN2C(=O)NC3(CCC(C)CC3)C2=O)c(=O)c2ccc(C)nc21. The van der Waals surface area contributed by atoms with Crippen LogP contribution in [-0.4, -0.2) is 37.9 Å². The number of hydrazine groups is 1. The minimum atomic E-state index is -0.967. The first-order valence-corrected chi connectivity index (χ1v) is 10.2. The quantitative estimate of drug-likeness (QED) is 0.749. The fourth-order valence-corrected chi connectivity index (χ4v) is 4.24. The molecule has 2 aliphatic rings. The van der Waals surface area contributed by atoms with Crippen LogP contribution in [0.4, 0.5) is 4.79 Å². The lowest BCUT2D eigenvalue weighted by Gasteiger charge is -2.33. The Morgan fingerprint density at radius 3 is 2.63 bits per heavy atom. The molecule has 158 valence electrons. The standard InChI is InChI=1S/C21H25N5O4/c1-4-25-11-15(16(27)14-6-5-13(3)22-17(14)25)18(28)24-26-19(29)21(23-20(26)30)9-7-12(2)8-10-21/h5-6,11-12H,4,7-10H2,1-3H3,(H,23,30)(H,24,28). The summed E-state index contributed by atoms with van der Waals surface area (Å²) in [5.41, 5.74) is 1.99. The van der Waals surface area contributed by atoms with Crippen LogP contribution >= 0.6 is 0 Å². The molecule has 0 aromatic carbocycles. The van der Waals surface area contributed by atoms with E-state index in [0.717, 1.165) is 18.5 Å². The van der Waals surface area contributed by atoms with Gasteiger partial charge in [-0.3, -0.25) is 19.8 Å². The van der Waals surface area contributed by atoms with E-state index in [4.69, 9.17) is 0 Å². The first-order chi connectivity index (χ1) is 14.3. The Balaban J connectivity index is 1.64. The van der Waals surface area contributed by atoms with Gasteiger partial charge in [-0.1, -0.05) is 6.92 Å². The summed E-state index contributed by atoms with van der Waals surface area (Å²) in [6, 6.07) is 2.67. The smallest absolute Gasteiger partial charge is 0.332 e. The highest BCUT2D eigenvalue weighted by atomic mass is 16.2. The molecule has 9 nitrogen and oxygen atoms in total. The summed E-state index contributed by atoms with van der Waals surface area (Å²) in [6.45, 7) is 6.31. The highest BCUT2D eigenvalue weighted by Crippen LogP contribution is 2.35. The first-order valence-electron chi connectivity index (χ1n) is 10.2. The highest BCUT2D eigenvalue weighted by molar-refractivity contribution is 6.09. The van der Waals surface area contributed by atoms with Gasteiger partial charge in [0.15, 0.2) is 0 Å². The number of aryl methyl sites for hydroxylation is 2. The Labute approximate surface area is 173 Å². The van der Waals surface area contributed by atoms with Crippen molar-refractivity contribution < 1.29 is 14.4 Å². The summed E-state index contributed by atoms with van der Waals surface area (Å²) in [7, 11) is 0. The second-order valence-corrected chi connectivity index (χ2v) is 8.26. The molecule has 30 heavy (non-hydrogen) atoms. The van der Waals surface area contributed by atoms with Crippen LogP contribution in [0.5, 0.6) is 0 Å².